The van der Waals surface area contributed by atoms with Crippen LogP contribution in [0.2, 0.25) is 0 Å². The molecular weight excluding hydrogens is 588 g/mol. The van der Waals surface area contributed by atoms with E-state index < -0.39 is 6.04 Å². The lowest BCUT2D eigenvalue weighted by molar-refractivity contribution is -0.130. The molecule has 1 atom stereocenters. The van der Waals surface area contributed by atoms with E-state index >= 15 is 0 Å². The molecule has 238 valence electrons. The number of rotatable bonds is 10. The van der Waals surface area contributed by atoms with Crippen molar-refractivity contribution in [3.8, 4) is 11.1 Å². The topological polar surface area (TPSA) is 142 Å². The first-order chi connectivity index (χ1) is 21.2. The average Bonchev–Trinajstić information content (AvgIpc) is 3.49. The Morgan fingerprint density at radius 3 is 2.36 bits per heavy atom. The lowest BCUT2D eigenvalue weighted by Crippen LogP contribution is -2.48. The van der Waals surface area contributed by atoms with Gasteiger partial charge in [-0.1, -0.05) is 30.3 Å². The molecule has 0 unspecified atom stereocenters. The highest BCUT2D eigenvalue weighted by Crippen LogP contribution is 2.29. The molecular formula is C35H43ClN6O3. The minimum absolute atomic E-state index is 0. The predicted octanol–water partition coefficient (Wildman–Crippen LogP) is 5.53. The highest BCUT2D eigenvalue weighted by atomic mass is 35.5. The first kappa shape index (κ1) is 33.7. The Hall–Kier alpha value is -4.21. The number of fused-ring (bicyclic) bond motifs is 1. The summed E-state index contributed by atoms with van der Waals surface area (Å²) in [7, 11) is 0. The summed E-state index contributed by atoms with van der Waals surface area (Å²) < 4.78 is 0. The second kappa shape index (κ2) is 15.2. The average molecular weight is 631 g/mol. The Balaban J connectivity index is 0.00000461. The van der Waals surface area contributed by atoms with Gasteiger partial charge in [-0.2, -0.15) is 5.10 Å². The quantitative estimate of drug-likeness (QED) is 0.157. The number of hydrogen-bond acceptors (Lipinski definition) is 5. The molecule has 3 amide bonds. The first-order valence-corrected chi connectivity index (χ1v) is 15.5. The van der Waals surface area contributed by atoms with Crippen LogP contribution >= 0.6 is 12.4 Å². The molecule has 5 rings (SSSR count). The van der Waals surface area contributed by atoms with E-state index in [-0.39, 0.29) is 42.1 Å². The maximum absolute atomic E-state index is 13.6. The van der Waals surface area contributed by atoms with Crippen LogP contribution in [0, 0.1) is 18.8 Å². The molecule has 3 aromatic carbocycles. The van der Waals surface area contributed by atoms with Crippen molar-refractivity contribution in [2.45, 2.75) is 65.0 Å². The molecule has 1 heterocycles. The maximum atomic E-state index is 13.6. The third-order valence-corrected chi connectivity index (χ3v) is 8.51. The summed E-state index contributed by atoms with van der Waals surface area (Å²) in [6, 6.07) is 18.6. The van der Waals surface area contributed by atoms with Crippen LogP contribution in [0.4, 0.5) is 5.69 Å². The van der Waals surface area contributed by atoms with E-state index in [9.17, 15) is 14.4 Å². The number of anilines is 1. The second-order valence-corrected chi connectivity index (χ2v) is 12.2. The predicted molar refractivity (Wildman–Crippen MR) is 181 cm³/mol. The number of hydrogen-bond donors (Lipinski definition) is 5. The van der Waals surface area contributed by atoms with Crippen LogP contribution in [0.15, 0.2) is 66.9 Å². The van der Waals surface area contributed by atoms with Crippen molar-refractivity contribution in [3.05, 3.63) is 83.6 Å². The number of benzene rings is 3. The molecule has 1 aromatic heterocycles. The monoisotopic (exact) mass is 630 g/mol. The number of aryl methyl sites for hydroxylation is 1. The third-order valence-electron chi connectivity index (χ3n) is 8.51. The van der Waals surface area contributed by atoms with Gasteiger partial charge in [0.15, 0.2) is 0 Å². The smallest absolute Gasteiger partial charge is 0.251 e. The van der Waals surface area contributed by atoms with Gasteiger partial charge in [0.05, 0.1) is 11.7 Å². The molecule has 1 fully saturated rings. The standard InChI is InChI=1S/C35H42N6O3.ClH/c1-21(2)38-34(43)27-13-15-30(22(3)16-27)25-8-4-23(5-9-25)17-32(40-33(42)26-10-6-24(19-36)7-11-26)35(44)39-29-14-12-28-20-37-41-31(28)18-29;/h4-5,8-9,12-16,18,20-21,24,26,32H,6-7,10-11,17,19,36H2,1-3H3,(H,37,41)(H,38,43)(H,39,44)(H,40,42);1H/t24?,26?,32-;/m0./s1. The molecule has 0 aliphatic heterocycles. The minimum atomic E-state index is -0.751. The first-order valence-electron chi connectivity index (χ1n) is 15.5. The van der Waals surface area contributed by atoms with Crippen molar-refractivity contribution in [2.24, 2.45) is 17.6 Å². The number of amides is 3. The van der Waals surface area contributed by atoms with Gasteiger partial charge in [0, 0.05) is 35.0 Å². The molecule has 6 N–H and O–H groups in total. The van der Waals surface area contributed by atoms with Gasteiger partial charge >= 0.3 is 0 Å². The second-order valence-electron chi connectivity index (χ2n) is 12.2. The normalized spacial score (nSPS) is 16.9. The van der Waals surface area contributed by atoms with Crippen molar-refractivity contribution >= 4 is 46.7 Å². The Kier molecular flexibility index (Phi) is 11.4. The zero-order valence-corrected chi connectivity index (χ0v) is 26.9. The van der Waals surface area contributed by atoms with Gasteiger partial charge in [-0.25, -0.2) is 0 Å². The minimum Gasteiger partial charge on any atom is -0.350 e. The summed E-state index contributed by atoms with van der Waals surface area (Å²) >= 11 is 0. The fourth-order valence-corrected chi connectivity index (χ4v) is 5.93. The summed E-state index contributed by atoms with van der Waals surface area (Å²) in [5.41, 5.74) is 11.9. The Morgan fingerprint density at radius 2 is 1.69 bits per heavy atom. The Bertz CT molecular complexity index is 1630. The van der Waals surface area contributed by atoms with Gasteiger partial charge in [-0.05, 0) is 112 Å². The highest BCUT2D eigenvalue weighted by molar-refractivity contribution is 5.99. The SMILES string of the molecule is Cc1cc(C(=O)NC(C)C)ccc1-c1ccc(C[C@H](NC(=O)C2CCC(CN)CC2)C(=O)Nc2ccc3cn[nH]c3c2)cc1.Cl. The van der Waals surface area contributed by atoms with Gasteiger partial charge < -0.3 is 21.7 Å². The highest BCUT2D eigenvalue weighted by Gasteiger charge is 2.29. The van der Waals surface area contributed by atoms with E-state index in [2.05, 4.69) is 26.1 Å². The fourth-order valence-electron chi connectivity index (χ4n) is 5.93. The number of nitrogens with two attached hydrogens (primary N) is 1. The van der Waals surface area contributed by atoms with Crippen molar-refractivity contribution in [1.82, 2.24) is 20.8 Å². The van der Waals surface area contributed by atoms with Crippen LogP contribution in [0.5, 0.6) is 0 Å². The lowest BCUT2D eigenvalue weighted by Gasteiger charge is -2.28. The van der Waals surface area contributed by atoms with Gasteiger partial charge in [0.2, 0.25) is 11.8 Å². The maximum Gasteiger partial charge on any atom is 0.251 e. The summed E-state index contributed by atoms with van der Waals surface area (Å²) in [5, 5.41) is 16.9. The van der Waals surface area contributed by atoms with E-state index in [1.54, 1.807) is 6.20 Å². The number of aromatic nitrogens is 2. The number of H-pyrrole nitrogens is 1. The van der Waals surface area contributed by atoms with Crippen LogP contribution in [-0.2, 0) is 16.0 Å². The molecule has 9 nitrogen and oxygen atoms in total. The largest absolute Gasteiger partial charge is 0.350 e. The molecule has 0 radical (unpaired) electrons. The fraction of sp³-hybridized carbons (Fsp3) is 0.371. The Labute approximate surface area is 270 Å². The Morgan fingerprint density at radius 1 is 0.956 bits per heavy atom. The third kappa shape index (κ3) is 8.49. The van der Waals surface area contributed by atoms with Crippen LogP contribution in [0.1, 0.15) is 61.0 Å². The van der Waals surface area contributed by atoms with E-state index in [0.717, 1.165) is 58.8 Å². The van der Waals surface area contributed by atoms with Crippen LogP contribution < -0.4 is 21.7 Å². The molecule has 45 heavy (non-hydrogen) atoms. The number of aromatic amines is 1. The molecule has 0 saturated heterocycles. The summed E-state index contributed by atoms with van der Waals surface area (Å²) in [5.74, 6) is -0.105. The number of nitrogens with one attached hydrogen (secondary N) is 4. The number of halogens is 1. The van der Waals surface area contributed by atoms with E-state index in [0.29, 0.717) is 30.1 Å². The molecule has 10 heteroatoms. The lowest BCUT2D eigenvalue weighted by atomic mass is 9.81. The number of carbonyl (C=O) groups is 3. The van der Waals surface area contributed by atoms with E-state index in [1.165, 1.54) is 0 Å². The molecule has 4 aromatic rings. The summed E-state index contributed by atoms with van der Waals surface area (Å²) in [4.78, 5) is 39.4. The molecule has 1 aliphatic carbocycles. The van der Waals surface area contributed by atoms with Crippen molar-refractivity contribution in [1.29, 1.82) is 0 Å². The van der Waals surface area contributed by atoms with Crippen LogP contribution in [0.25, 0.3) is 22.0 Å². The van der Waals surface area contributed by atoms with Gasteiger partial charge in [0.1, 0.15) is 6.04 Å². The molecule has 0 bridgehead atoms. The van der Waals surface area contributed by atoms with Gasteiger partial charge in [-0.3, -0.25) is 19.5 Å². The van der Waals surface area contributed by atoms with Crippen LogP contribution in [0.3, 0.4) is 0 Å². The van der Waals surface area contributed by atoms with Crippen molar-refractivity contribution < 1.29 is 14.4 Å². The molecule has 1 saturated carbocycles. The van der Waals surface area contributed by atoms with Crippen molar-refractivity contribution in [3.63, 3.8) is 0 Å². The van der Waals surface area contributed by atoms with Crippen molar-refractivity contribution in [2.75, 3.05) is 11.9 Å². The summed E-state index contributed by atoms with van der Waals surface area (Å²) in [6.45, 7) is 6.52. The number of nitrogens with zero attached hydrogens (tertiary/aromatic N) is 1. The zero-order chi connectivity index (χ0) is 31.2. The van der Waals surface area contributed by atoms with E-state index in [4.69, 9.17) is 5.73 Å². The van der Waals surface area contributed by atoms with Gasteiger partial charge in [0.25, 0.3) is 5.91 Å². The van der Waals surface area contributed by atoms with Gasteiger partial charge in [-0.15, -0.1) is 12.4 Å². The zero-order valence-electron chi connectivity index (χ0n) is 26.1. The number of carbonyl (C=O) groups excluding carboxylic acids is 3. The summed E-state index contributed by atoms with van der Waals surface area (Å²) in [6.07, 6.45) is 5.50. The molecule has 1 aliphatic rings. The molecule has 0 spiro atoms. The van der Waals surface area contributed by atoms with E-state index in [1.807, 2.05) is 81.4 Å². The van der Waals surface area contributed by atoms with Crippen LogP contribution in [-0.4, -0.2) is 46.5 Å².